The highest BCUT2D eigenvalue weighted by Crippen LogP contribution is 2.26. The van der Waals surface area contributed by atoms with Crippen molar-refractivity contribution < 1.29 is 22.3 Å². The van der Waals surface area contributed by atoms with Crippen molar-refractivity contribution in [3.05, 3.63) is 83.7 Å². The van der Waals surface area contributed by atoms with Crippen LogP contribution in [0.25, 0.3) is 0 Å². The van der Waals surface area contributed by atoms with Gasteiger partial charge in [-0.05, 0) is 79.6 Å². The molecule has 0 atom stereocenters. The van der Waals surface area contributed by atoms with Crippen LogP contribution in [-0.2, 0) is 14.8 Å². The summed E-state index contributed by atoms with van der Waals surface area (Å²) in [6.07, 6.45) is 0. The van der Waals surface area contributed by atoms with Crippen LogP contribution in [0.3, 0.4) is 0 Å². The van der Waals surface area contributed by atoms with Crippen molar-refractivity contribution in [1.82, 2.24) is 0 Å². The Morgan fingerprint density at radius 3 is 2.26 bits per heavy atom. The van der Waals surface area contributed by atoms with E-state index in [1.54, 1.807) is 0 Å². The number of hydrogen-bond donors (Lipinski definition) is 1. The van der Waals surface area contributed by atoms with Crippen LogP contribution in [-0.4, -0.2) is 28.0 Å². The smallest absolute Gasteiger partial charge is 0.264 e. The van der Waals surface area contributed by atoms with Gasteiger partial charge in [-0.25, -0.2) is 12.8 Å². The summed E-state index contributed by atoms with van der Waals surface area (Å²) in [5.41, 5.74) is 2.59. The summed E-state index contributed by atoms with van der Waals surface area (Å²) < 4.78 is 46.1. The molecule has 3 rings (SSSR count). The van der Waals surface area contributed by atoms with E-state index < -0.39 is 28.3 Å². The molecule has 1 amide bonds. The molecule has 0 unspecified atom stereocenters. The lowest BCUT2D eigenvalue weighted by molar-refractivity contribution is -0.114. The first-order valence-electron chi connectivity index (χ1n) is 9.50. The van der Waals surface area contributed by atoms with E-state index in [0.29, 0.717) is 11.4 Å². The predicted octanol–water partition coefficient (Wildman–Crippen LogP) is 4.29. The molecule has 3 aromatic rings. The lowest BCUT2D eigenvalue weighted by Gasteiger charge is -2.24. The summed E-state index contributed by atoms with van der Waals surface area (Å²) in [4.78, 5) is 12.8. The van der Waals surface area contributed by atoms with Gasteiger partial charge in [0, 0.05) is 5.69 Å². The highest BCUT2D eigenvalue weighted by Gasteiger charge is 2.27. The van der Waals surface area contributed by atoms with Crippen LogP contribution in [0, 0.1) is 19.7 Å². The fourth-order valence-electron chi connectivity index (χ4n) is 2.99. The van der Waals surface area contributed by atoms with Gasteiger partial charge in [0.1, 0.15) is 18.1 Å². The minimum atomic E-state index is -4.10. The molecule has 0 fully saturated rings. The van der Waals surface area contributed by atoms with Gasteiger partial charge < -0.3 is 10.1 Å². The number of anilines is 2. The van der Waals surface area contributed by atoms with Crippen molar-refractivity contribution in [2.75, 3.05) is 23.3 Å². The van der Waals surface area contributed by atoms with Gasteiger partial charge in [-0.1, -0.05) is 12.1 Å². The first kappa shape index (κ1) is 22.3. The Kier molecular flexibility index (Phi) is 6.60. The topological polar surface area (TPSA) is 75.7 Å². The van der Waals surface area contributed by atoms with Crippen molar-refractivity contribution >= 4 is 27.3 Å². The number of carbonyl (C=O) groups excluding carboxylic acids is 1. The molecule has 0 bridgehead atoms. The fourth-order valence-corrected chi connectivity index (χ4v) is 4.41. The maximum absolute atomic E-state index is 13.4. The number of nitrogens with zero attached hydrogens (tertiary/aromatic N) is 1. The van der Waals surface area contributed by atoms with E-state index >= 15 is 0 Å². The number of rotatable bonds is 7. The van der Waals surface area contributed by atoms with Crippen LogP contribution >= 0.6 is 0 Å². The minimum absolute atomic E-state index is 0.0165. The molecule has 31 heavy (non-hydrogen) atoms. The van der Waals surface area contributed by atoms with E-state index in [1.165, 1.54) is 43.5 Å². The highest BCUT2D eigenvalue weighted by atomic mass is 32.2. The van der Waals surface area contributed by atoms with Crippen molar-refractivity contribution in [2.24, 2.45) is 0 Å². The Morgan fingerprint density at radius 1 is 1.00 bits per heavy atom. The maximum atomic E-state index is 13.4. The number of hydrogen-bond acceptors (Lipinski definition) is 4. The second-order valence-corrected chi connectivity index (χ2v) is 8.89. The standard InChI is InChI=1S/C23H23FN2O4S/c1-16-4-5-17(2)22(14-16)25-23(27)15-26(19-8-6-18(24)7-9-19)31(28,29)21-12-10-20(30-3)11-13-21/h4-14H,15H2,1-3H3,(H,25,27). The summed E-state index contributed by atoms with van der Waals surface area (Å²) >= 11 is 0. The number of aryl methyl sites for hydroxylation is 2. The zero-order chi connectivity index (χ0) is 22.6. The number of amides is 1. The van der Waals surface area contributed by atoms with E-state index in [2.05, 4.69) is 5.32 Å². The molecule has 0 saturated carbocycles. The number of ether oxygens (including phenoxy) is 1. The molecule has 3 aromatic carbocycles. The van der Waals surface area contributed by atoms with Gasteiger partial charge in [0.15, 0.2) is 0 Å². The summed E-state index contributed by atoms with van der Waals surface area (Å²) in [7, 11) is -2.62. The first-order chi connectivity index (χ1) is 14.7. The quantitative estimate of drug-likeness (QED) is 0.592. The molecule has 8 heteroatoms. The molecule has 0 radical (unpaired) electrons. The number of carbonyl (C=O) groups is 1. The van der Waals surface area contributed by atoms with Crippen molar-refractivity contribution in [3.63, 3.8) is 0 Å². The van der Waals surface area contributed by atoms with Gasteiger partial charge >= 0.3 is 0 Å². The number of benzene rings is 3. The normalized spacial score (nSPS) is 11.1. The van der Waals surface area contributed by atoms with Crippen LogP contribution in [0.1, 0.15) is 11.1 Å². The Hall–Kier alpha value is -3.39. The van der Waals surface area contributed by atoms with Gasteiger partial charge in [0.05, 0.1) is 17.7 Å². The summed E-state index contributed by atoms with van der Waals surface area (Å²) in [5, 5.41) is 2.77. The third-order valence-electron chi connectivity index (χ3n) is 4.72. The number of nitrogens with one attached hydrogen (secondary N) is 1. The van der Waals surface area contributed by atoms with E-state index in [1.807, 2.05) is 32.0 Å². The van der Waals surface area contributed by atoms with Crippen LogP contribution in [0.5, 0.6) is 5.75 Å². The molecular formula is C23H23FN2O4S. The van der Waals surface area contributed by atoms with Gasteiger partial charge in [-0.3, -0.25) is 9.10 Å². The average Bonchev–Trinajstić information content (AvgIpc) is 2.75. The fraction of sp³-hybridized carbons (Fsp3) is 0.174. The van der Waals surface area contributed by atoms with Gasteiger partial charge in [0.2, 0.25) is 5.91 Å². The van der Waals surface area contributed by atoms with E-state index in [0.717, 1.165) is 27.6 Å². The largest absolute Gasteiger partial charge is 0.497 e. The Labute approximate surface area is 181 Å². The molecule has 0 saturated heterocycles. The monoisotopic (exact) mass is 442 g/mol. The molecule has 6 nitrogen and oxygen atoms in total. The summed E-state index contributed by atoms with van der Waals surface area (Å²) in [5.74, 6) is -0.527. The zero-order valence-electron chi connectivity index (χ0n) is 17.4. The lowest BCUT2D eigenvalue weighted by atomic mass is 10.1. The Balaban J connectivity index is 1.95. The number of methoxy groups -OCH3 is 1. The molecule has 0 aromatic heterocycles. The SMILES string of the molecule is COc1ccc(S(=O)(=O)N(CC(=O)Nc2cc(C)ccc2C)c2ccc(F)cc2)cc1. The van der Waals surface area contributed by atoms with E-state index in [4.69, 9.17) is 4.74 Å². The average molecular weight is 443 g/mol. The van der Waals surface area contributed by atoms with Gasteiger partial charge in [-0.15, -0.1) is 0 Å². The number of sulfonamides is 1. The Bertz CT molecular complexity index is 1180. The molecule has 0 spiro atoms. The van der Waals surface area contributed by atoms with Crippen LogP contribution in [0.15, 0.2) is 71.6 Å². The summed E-state index contributed by atoms with van der Waals surface area (Å²) in [6, 6.07) is 16.4. The molecular weight excluding hydrogens is 419 g/mol. The van der Waals surface area contributed by atoms with Crippen molar-refractivity contribution in [2.45, 2.75) is 18.7 Å². The van der Waals surface area contributed by atoms with Crippen LogP contribution in [0.4, 0.5) is 15.8 Å². The molecule has 0 aliphatic rings. The second kappa shape index (κ2) is 9.18. The lowest BCUT2D eigenvalue weighted by Crippen LogP contribution is -2.38. The second-order valence-electron chi connectivity index (χ2n) is 7.03. The molecule has 0 aliphatic heterocycles. The predicted molar refractivity (Wildman–Crippen MR) is 118 cm³/mol. The molecule has 162 valence electrons. The van der Waals surface area contributed by atoms with Crippen molar-refractivity contribution in [3.8, 4) is 5.75 Å². The van der Waals surface area contributed by atoms with Gasteiger partial charge in [-0.2, -0.15) is 0 Å². The van der Waals surface area contributed by atoms with Crippen LogP contribution < -0.4 is 14.4 Å². The maximum Gasteiger partial charge on any atom is 0.264 e. The Morgan fingerprint density at radius 2 is 1.65 bits per heavy atom. The van der Waals surface area contributed by atoms with E-state index in [9.17, 15) is 17.6 Å². The van der Waals surface area contributed by atoms with E-state index in [-0.39, 0.29) is 10.6 Å². The van der Waals surface area contributed by atoms with Crippen molar-refractivity contribution in [1.29, 1.82) is 0 Å². The highest BCUT2D eigenvalue weighted by molar-refractivity contribution is 7.92. The van der Waals surface area contributed by atoms with Gasteiger partial charge in [0.25, 0.3) is 10.0 Å². The third kappa shape index (κ3) is 5.21. The van der Waals surface area contributed by atoms with Crippen LogP contribution in [0.2, 0.25) is 0 Å². The molecule has 1 N–H and O–H groups in total. The molecule has 0 heterocycles. The molecule has 0 aliphatic carbocycles. The zero-order valence-corrected chi connectivity index (χ0v) is 18.2. The summed E-state index contributed by atoms with van der Waals surface area (Å²) in [6.45, 7) is 3.27. The first-order valence-corrected chi connectivity index (χ1v) is 10.9. The minimum Gasteiger partial charge on any atom is -0.497 e. The number of halogens is 1. The third-order valence-corrected chi connectivity index (χ3v) is 6.50.